The van der Waals surface area contributed by atoms with E-state index >= 15 is 0 Å². The van der Waals surface area contributed by atoms with Crippen LogP contribution in [0, 0.1) is 16.0 Å². The summed E-state index contributed by atoms with van der Waals surface area (Å²) < 4.78 is 0. The van der Waals surface area contributed by atoms with Crippen LogP contribution in [0.25, 0.3) is 0 Å². The lowest BCUT2D eigenvalue weighted by atomic mass is 9.94. The molecule has 98 valence electrons. The summed E-state index contributed by atoms with van der Waals surface area (Å²) in [6, 6.07) is 3.11. The first-order valence-corrected chi connectivity index (χ1v) is 5.90. The minimum Gasteiger partial charge on any atom is -0.378 e. The Morgan fingerprint density at radius 1 is 1.56 bits per heavy atom. The molecule has 1 aromatic heterocycles. The highest BCUT2D eigenvalue weighted by molar-refractivity contribution is 5.58. The number of hydrogen-bond acceptors (Lipinski definition) is 6. The molecule has 0 aliphatic carbocycles. The second-order valence-electron chi connectivity index (χ2n) is 4.71. The van der Waals surface area contributed by atoms with E-state index in [0.717, 1.165) is 13.0 Å². The summed E-state index contributed by atoms with van der Waals surface area (Å²) in [7, 11) is 0. The van der Waals surface area contributed by atoms with Crippen LogP contribution in [0.3, 0.4) is 0 Å². The van der Waals surface area contributed by atoms with Gasteiger partial charge < -0.3 is 16.4 Å². The van der Waals surface area contributed by atoms with Gasteiger partial charge in [0.15, 0.2) is 0 Å². The van der Waals surface area contributed by atoms with Gasteiger partial charge in [0.1, 0.15) is 5.82 Å². The summed E-state index contributed by atoms with van der Waals surface area (Å²) in [4.78, 5) is 16.2. The molecular formula is C11H17N5O2. The highest BCUT2D eigenvalue weighted by atomic mass is 16.6. The van der Waals surface area contributed by atoms with Crippen LogP contribution < -0.4 is 16.4 Å². The first-order valence-electron chi connectivity index (χ1n) is 5.90. The zero-order chi connectivity index (χ0) is 13.3. The number of pyridine rings is 1. The van der Waals surface area contributed by atoms with E-state index < -0.39 is 4.92 Å². The highest BCUT2D eigenvalue weighted by Gasteiger charge is 2.25. The Balaban J connectivity index is 2.19. The smallest absolute Gasteiger partial charge is 0.311 e. The fourth-order valence-electron chi connectivity index (χ4n) is 2.09. The number of nitrogens with zero attached hydrogens (tertiary/aromatic N) is 3. The van der Waals surface area contributed by atoms with Crippen molar-refractivity contribution in [1.29, 1.82) is 0 Å². The number of hydrogen-bond donors (Lipinski definition) is 2. The summed E-state index contributed by atoms with van der Waals surface area (Å²) in [5.41, 5.74) is 11.4. The Kier molecular flexibility index (Phi) is 3.33. The van der Waals surface area contributed by atoms with Gasteiger partial charge in [-0.25, -0.2) is 4.98 Å². The van der Waals surface area contributed by atoms with Crippen LogP contribution in [-0.2, 0) is 0 Å². The molecule has 7 nitrogen and oxygen atoms in total. The second kappa shape index (κ2) is 4.77. The Bertz CT molecular complexity index is 465. The third-order valence-corrected chi connectivity index (χ3v) is 3.42. The van der Waals surface area contributed by atoms with Crippen LogP contribution >= 0.6 is 0 Å². The number of nitrogens with two attached hydrogens (primary N) is 2. The van der Waals surface area contributed by atoms with Crippen molar-refractivity contribution in [3.05, 3.63) is 22.2 Å². The van der Waals surface area contributed by atoms with Gasteiger partial charge in [-0.15, -0.1) is 0 Å². The van der Waals surface area contributed by atoms with Gasteiger partial charge >= 0.3 is 5.69 Å². The molecule has 0 amide bonds. The van der Waals surface area contributed by atoms with Crippen molar-refractivity contribution in [2.45, 2.75) is 19.4 Å². The van der Waals surface area contributed by atoms with Crippen molar-refractivity contribution in [1.82, 2.24) is 4.98 Å². The van der Waals surface area contributed by atoms with E-state index in [9.17, 15) is 10.1 Å². The molecule has 7 heteroatoms. The van der Waals surface area contributed by atoms with E-state index in [1.165, 1.54) is 6.07 Å². The molecule has 18 heavy (non-hydrogen) atoms. The van der Waals surface area contributed by atoms with Gasteiger partial charge in [-0.05, 0) is 18.4 Å². The third kappa shape index (κ3) is 2.35. The van der Waals surface area contributed by atoms with Crippen LogP contribution in [0.15, 0.2) is 12.1 Å². The lowest BCUT2D eigenvalue weighted by molar-refractivity contribution is -0.384. The van der Waals surface area contributed by atoms with Crippen molar-refractivity contribution >= 4 is 17.3 Å². The van der Waals surface area contributed by atoms with Gasteiger partial charge in [0.05, 0.1) is 4.92 Å². The molecule has 2 unspecified atom stereocenters. The molecule has 1 saturated heterocycles. The Hall–Kier alpha value is -1.89. The quantitative estimate of drug-likeness (QED) is 0.592. The van der Waals surface area contributed by atoms with Gasteiger partial charge in [-0.2, -0.15) is 0 Å². The van der Waals surface area contributed by atoms with Gasteiger partial charge in [0.25, 0.3) is 0 Å². The molecule has 4 N–H and O–H groups in total. The zero-order valence-electron chi connectivity index (χ0n) is 10.2. The number of aromatic nitrogens is 1. The van der Waals surface area contributed by atoms with Crippen LogP contribution in [-0.4, -0.2) is 29.0 Å². The van der Waals surface area contributed by atoms with Crippen molar-refractivity contribution in [2.75, 3.05) is 23.7 Å². The summed E-state index contributed by atoms with van der Waals surface area (Å²) in [6.45, 7) is 3.67. The molecular weight excluding hydrogens is 234 g/mol. The molecule has 0 saturated carbocycles. The number of piperidine rings is 1. The third-order valence-electron chi connectivity index (χ3n) is 3.42. The zero-order valence-corrected chi connectivity index (χ0v) is 10.2. The SMILES string of the molecule is CC1CCN(c2ccc([N+](=O)[O-])c(N)n2)CC1N. The predicted octanol–water partition coefficient (Wildman–Crippen LogP) is 0.746. The summed E-state index contributed by atoms with van der Waals surface area (Å²) in [5.74, 6) is 1.08. The van der Waals surface area contributed by atoms with E-state index in [-0.39, 0.29) is 17.5 Å². The van der Waals surface area contributed by atoms with Gasteiger partial charge in [0, 0.05) is 25.2 Å². The largest absolute Gasteiger partial charge is 0.378 e. The van der Waals surface area contributed by atoms with E-state index in [1.807, 2.05) is 4.90 Å². The molecule has 1 fully saturated rings. The Morgan fingerprint density at radius 2 is 2.28 bits per heavy atom. The summed E-state index contributed by atoms with van der Waals surface area (Å²) in [6.07, 6.45) is 0.986. The molecule has 0 spiro atoms. The van der Waals surface area contributed by atoms with E-state index in [0.29, 0.717) is 18.3 Å². The first-order chi connectivity index (χ1) is 8.49. The number of anilines is 2. The van der Waals surface area contributed by atoms with Crippen LogP contribution in [0.1, 0.15) is 13.3 Å². The molecule has 0 bridgehead atoms. The summed E-state index contributed by atoms with van der Waals surface area (Å²) >= 11 is 0. The van der Waals surface area contributed by atoms with Gasteiger partial charge in [0.2, 0.25) is 5.82 Å². The maximum absolute atomic E-state index is 10.7. The van der Waals surface area contributed by atoms with Gasteiger partial charge in [-0.1, -0.05) is 6.92 Å². The van der Waals surface area contributed by atoms with Crippen molar-refractivity contribution < 1.29 is 4.92 Å². The standard InChI is InChI=1S/C11H17N5O2/c1-7-4-5-15(6-8(7)12)10-3-2-9(16(17)18)11(13)14-10/h2-3,7-8H,4-6,12H2,1H3,(H2,13,14). The topological polar surface area (TPSA) is 111 Å². The monoisotopic (exact) mass is 251 g/mol. The fraction of sp³-hybridized carbons (Fsp3) is 0.545. The highest BCUT2D eigenvalue weighted by Crippen LogP contribution is 2.25. The Labute approximate surface area is 105 Å². The fourth-order valence-corrected chi connectivity index (χ4v) is 2.09. The maximum atomic E-state index is 10.7. The van der Waals surface area contributed by atoms with Gasteiger partial charge in [-0.3, -0.25) is 10.1 Å². The average molecular weight is 251 g/mol. The van der Waals surface area contributed by atoms with Crippen LogP contribution in [0.5, 0.6) is 0 Å². The second-order valence-corrected chi connectivity index (χ2v) is 4.71. The van der Waals surface area contributed by atoms with Crippen molar-refractivity contribution in [2.24, 2.45) is 11.7 Å². The maximum Gasteiger partial charge on any atom is 0.311 e. The number of nitrogen functional groups attached to an aromatic ring is 1. The van der Waals surface area contributed by atoms with E-state index in [1.54, 1.807) is 6.07 Å². The van der Waals surface area contributed by atoms with Crippen LogP contribution in [0.2, 0.25) is 0 Å². The van der Waals surface area contributed by atoms with Crippen LogP contribution in [0.4, 0.5) is 17.3 Å². The molecule has 1 aliphatic rings. The lowest BCUT2D eigenvalue weighted by Gasteiger charge is -2.35. The number of rotatable bonds is 2. The molecule has 1 aliphatic heterocycles. The first kappa shape index (κ1) is 12.6. The minimum absolute atomic E-state index is 0.0512. The average Bonchev–Trinajstić information content (AvgIpc) is 2.32. The predicted molar refractivity (Wildman–Crippen MR) is 69.3 cm³/mol. The van der Waals surface area contributed by atoms with Crippen molar-refractivity contribution in [3.8, 4) is 0 Å². The molecule has 1 aromatic rings. The minimum atomic E-state index is -0.532. The molecule has 0 radical (unpaired) electrons. The number of nitro groups is 1. The molecule has 0 aromatic carbocycles. The molecule has 2 rings (SSSR count). The molecule has 2 heterocycles. The van der Waals surface area contributed by atoms with Crippen molar-refractivity contribution in [3.63, 3.8) is 0 Å². The van der Waals surface area contributed by atoms with E-state index in [2.05, 4.69) is 11.9 Å². The lowest BCUT2D eigenvalue weighted by Crippen LogP contribution is -2.47. The normalized spacial score (nSPS) is 24.0. The summed E-state index contributed by atoms with van der Waals surface area (Å²) in [5, 5.41) is 10.7. The molecule has 2 atom stereocenters. The van der Waals surface area contributed by atoms with E-state index in [4.69, 9.17) is 11.5 Å². The Morgan fingerprint density at radius 3 is 2.83 bits per heavy atom.